The van der Waals surface area contributed by atoms with E-state index in [9.17, 15) is 9.59 Å². The number of rotatable bonds is 14. The summed E-state index contributed by atoms with van der Waals surface area (Å²) in [5.74, 6) is 0.392. The van der Waals surface area contributed by atoms with E-state index in [1.54, 1.807) is 24.3 Å². The van der Waals surface area contributed by atoms with Crippen LogP contribution < -0.4 is 9.47 Å². The van der Waals surface area contributed by atoms with Crippen molar-refractivity contribution in [3.8, 4) is 11.5 Å². The predicted molar refractivity (Wildman–Crippen MR) is 171 cm³/mol. The summed E-state index contributed by atoms with van der Waals surface area (Å²) in [4.78, 5) is 24.7. The summed E-state index contributed by atoms with van der Waals surface area (Å²) in [7, 11) is 0. The highest BCUT2D eigenvalue weighted by molar-refractivity contribution is 9.10. The molecule has 4 nitrogen and oxygen atoms in total. The highest BCUT2D eigenvalue weighted by Gasteiger charge is 2.10. The van der Waals surface area contributed by atoms with Crippen LogP contribution in [-0.2, 0) is 12.8 Å². The van der Waals surface area contributed by atoms with Gasteiger partial charge in [-0.15, -0.1) is 0 Å². The zero-order valence-corrected chi connectivity index (χ0v) is 26.2. The Kier molecular flexibility index (Phi) is 12.2. The van der Waals surface area contributed by atoms with E-state index < -0.39 is 0 Å². The van der Waals surface area contributed by atoms with Gasteiger partial charge in [-0.1, -0.05) is 88.2 Å². The van der Waals surface area contributed by atoms with E-state index in [4.69, 9.17) is 9.47 Å². The number of aryl methyl sites for hydroxylation is 2. The van der Waals surface area contributed by atoms with Gasteiger partial charge < -0.3 is 9.47 Å². The van der Waals surface area contributed by atoms with Gasteiger partial charge in [0.15, 0.2) is 0 Å². The molecule has 0 amide bonds. The molecular weight excluding hydrogens is 644 g/mol. The van der Waals surface area contributed by atoms with Crippen molar-refractivity contribution in [1.29, 1.82) is 0 Å². The molecule has 0 saturated heterocycles. The molecule has 0 aliphatic heterocycles. The van der Waals surface area contributed by atoms with Crippen LogP contribution in [0.25, 0.3) is 0 Å². The van der Waals surface area contributed by atoms with Crippen LogP contribution in [0.5, 0.6) is 11.5 Å². The fraction of sp³-hybridized carbons (Fsp3) is 0.257. The molecule has 0 saturated carbocycles. The third-order valence-electron chi connectivity index (χ3n) is 6.86. The van der Waals surface area contributed by atoms with Crippen molar-refractivity contribution >= 4 is 43.8 Å². The van der Waals surface area contributed by atoms with Gasteiger partial charge in [0.2, 0.25) is 0 Å². The predicted octanol–water partition coefficient (Wildman–Crippen LogP) is 10.2. The van der Waals surface area contributed by atoms with Gasteiger partial charge in [0, 0.05) is 8.95 Å². The normalized spacial score (nSPS) is 10.8. The summed E-state index contributed by atoms with van der Waals surface area (Å²) in [6.45, 7) is 0. The lowest BCUT2D eigenvalue weighted by Gasteiger charge is -2.07. The molecule has 0 N–H and O–H groups in total. The number of halogens is 2. The molecule has 212 valence electrons. The Labute approximate surface area is 259 Å². The van der Waals surface area contributed by atoms with Crippen LogP contribution in [0.3, 0.4) is 0 Å². The van der Waals surface area contributed by atoms with Crippen LogP contribution in [0.4, 0.5) is 0 Å². The average molecular weight is 678 g/mol. The molecule has 0 aliphatic carbocycles. The van der Waals surface area contributed by atoms with Crippen molar-refractivity contribution in [2.45, 2.75) is 57.8 Å². The molecule has 0 bridgehead atoms. The summed E-state index contributed by atoms with van der Waals surface area (Å²) in [5.41, 5.74) is 3.62. The second-order valence-electron chi connectivity index (χ2n) is 10.1. The lowest BCUT2D eigenvalue weighted by molar-refractivity contribution is 0.0725. The van der Waals surface area contributed by atoms with Gasteiger partial charge in [0.25, 0.3) is 0 Å². The first-order valence-electron chi connectivity index (χ1n) is 14.1. The van der Waals surface area contributed by atoms with Gasteiger partial charge in [-0.05, 0) is 110 Å². The third-order valence-corrected chi connectivity index (χ3v) is 7.92. The standard InChI is InChI=1S/C35H34Br2O4/c36-30-18-22-32(23-19-30)40-34(38)28-14-10-26(11-15-28)8-6-4-2-1-3-5-7-9-27-12-16-29(17-13-27)35(39)41-33-24-20-31(37)21-25-33/h10-25H,1-9H2. The molecule has 0 aromatic heterocycles. The smallest absolute Gasteiger partial charge is 0.343 e. The van der Waals surface area contributed by atoms with Crippen molar-refractivity contribution in [3.05, 3.63) is 128 Å². The fourth-order valence-corrected chi connectivity index (χ4v) is 5.02. The van der Waals surface area contributed by atoms with Gasteiger partial charge >= 0.3 is 11.9 Å². The summed E-state index contributed by atoms with van der Waals surface area (Å²) in [6, 6.07) is 29.9. The molecule has 4 aromatic carbocycles. The number of carbonyl (C=O) groups excluding carboxylic acids is 2. The first kappa shape index (κ1) is 30.7. The molecule has 0 radical (unpaired) electrons. The van der Waals surface area contributed by atoms with Gasteiger partial charge in [0.1, 0.15) is 11.5 Å². The van der Waals surface area contributed by atoms with Crippen LogP contribution in [-0.4, -0.2) is 11.9 Å². The minimum atomic E-state index is -0.340. The molecule has 0 fully saturated rings. The van der Waals surface area contributed by atoms with Gasteiger partial charge in [-0.25, -0.2) is 9.59 Å². The maximum atomic E-state index is 12.3. The van der Waals surface area contributed by atoms with E-state index in [0.29, 0.717) is 22.6 Å². The fourth-order valence-electron chi connectivity index (χ4n) is 4.49. The van der Waals surface area contributed by atoms with E-state index in [1.807, 2.05) is 72.8 Å². The van der Waals surface area contributed by atoms with Crippen molar-refractivity contribution in [2.24, 2.45) is 0 Å². The van der Waals surface area contributed by atoms with E-state index >= 15 is 0 Å². The number of esters is 2. The highest BCUT2D eigenvalue weighted by atomic mass is 79.9. The van der Waals surface area contributed by atoms with Crippen LogP contribution in [0, 0.1) is 0 Å². The SMILES string of the molecule is O=C(Oc1ccc(Br)cc1)c1ccc(CCCCCCCCCc2ccc(C(=O)Oc3ccc(Br)cc3)cc2)cc1. The highest BCUT2D eigenvalue weighted by Crippen LogP contribution is 2.20. The monoisotopic (exact) mass is 676 g/mol. The minimum absolute atomic E-state index is 0.340. The Bertz CT molecular complexity index is 1270. The number of ether oxygens (including phenoxy) is 2. The lowest BCUT2D eigenvalue weighted by atomic mass is 10.0. The largest absolute Gasteiger partial charge is 0.423 e. The maximum Gasteiger partial charge on any atom is 0.343 e. The molecule has 0 aliphatic rings. The average Bonchev–Trinajstić information content (AvgIpc) is 2.99. The first-order valence-corrected chi connectivity index (χ1v) is 15.7. The Morgan fingerprint density at radius 1 is 0.439 bits per heavy atom. The Hall–Kier alpha value is -3.22. The quantitative estimate of drug-likeness (QED) is 0.0757. The zero-order chi connectivity index (χ0) is 28.9. The molecule has 0 atom stereocenters. The Morgan fingerprint density at radius 3 is 1.10 bits per heavy atom. The van der Waals surface area contributed by atoms with E-state index in [2.05, 4.69) is 31.9 Å². The van der Waals surface area contributed by atoms with Crippen molar-refractivity contribution in [3.63, 3.8) is 0 Å². The summed E-state index contributed by atoms with van der Waals surface area (Å²) >= 11 is 6.76. The van der Waals surface area contributed by atoms with Crippen LogP contribution >= 0.6 is 31.9 Å². The number of hydrogen-bond acceptors (Lipinski definition) is 4. The van der Waals surface area contributed by atoms with Gasteiger partial charge in [-0.2, -0.15) is 0 Å². The van der Waals surface area contributed by atoms with Crippen molar-refractivity contribution in [2.75, 3.05) is 0 Å². The molecule has 0 heterocycles. The van der Waals surface area contributed by atoms with Crippen LogP contribution in [0.15, 0.2) is 106 Å². The lowest BCUT2D eigenvalue weighted by Crippen LogP contribution is -2.08. The Morgan fingerprint density at radius 2 is 0.756 bits per heavy atom. The van der Waals surface area contributed by atoms with Crippen molar-refractivity contribution < 1.29 is 19.1 Å². The third kappa shape index (κ3) is 10.6. The molecule has 4 rings (SSSR count). The van der Waals surface area contributed by atoms with Crippen molar-refractivity contribution in [1.82, 2.24) is 0 Å². The first-order chi connectivity index (χ1) is 20.0. The number of benzene rings is 4. The molecular formula is C35H34Br2O4. The van der Waals surface area contributed by atoms with E-state index in [1.165, 1.54) is 43.2 Å². The van der Waals surface area contributed by atoms with Gasteiger partial charge in [0.05, 0.1) is 11.1 Å². The molecule has 4 aromatic rings. The summed E-state index contributed by atoms with van der Waals surface area (Å²) in [6.07, 6.45) is 10.5. The number of hydrogen-bond donors (Lipinski definition) is 0. The van der Waals surface area contributed by atoms with E-state index in [0.717, 1.165) is 34.6 Å². The Balaban J connectivity index is 1.04. The molecule has 41 heavy (non-hydrogen) atoms. The van der Waals surface area contributed by atoms with Crippen LogP contribution in [0.2, 0.25) is 0 Å². The zero-order valence-electron chi connectivity index (χ0n) is 23.0. The second kappa shape index (κ2) is 16.3. The summed E-state index contributed by atoms with van der Waals surface area (Å²) < 4.78 is 12.7. The topological polar surface area (TPSA) is 52.6 Å². The number of carbonyl (C=O) groups is 2. The molecule has 0 unspecified atom stereocenters. The molecule has 0 spiro atoms. The van der Waals surface area contributed by atoms with Gasteiger partial charge in [-0.3, -0.25) is 0 Å². The minimum Gasteiger partial charge on any atom is -0.423 e. The van der Waals surface area contributed by atoms with Crippen LogP contribution in [0.1, 0.15) is 76.8 Å². The second-order valence-corrected chi connectivity index (χ2v) is 11.9. The summed E-state index contributed by atoms with van der Waals surface area (Å²) in [5, 5.41) is 0. The number of unbranched alkanes of at least 4 members (excludes halogenated alkanes) is 6. The maximum absolute atomic E-state index is 12.3. The van der Waals surface area contributed by atoms with E-state index in [-0.39, 0.29) is 11.9 Å². The molecule has 6 heteroatoms.